The van der Waals surface area contributed by atoms with Crippen molar-refractivity contribution in [3.8, 4) is 11.4 Å². The second kappa shape index (κ2) is 5.48. The van der Waals surface area contributed by atoms with Gasteiger partial charge in [-0.2, -0.15) is 0 Å². The molecule has 0 saturated carbocycles. The summed E-state index contributed by atoms with van der Waals surface area (Å²) in [6.07, 6.45) is 1.30. The smallest absolute Gasteiger partial charge is 0.264 e. The van der Waals surface area contributed by atoms with E-state index in [1.807, 2.05) is 44.2 Å². The van der Waals surface area contributed by atoms with E-state index in [2.05, 4.69) is 15.3 Å². The lowest BCUT2D eigenvalue weighted by molar-refractivity contribution is 0.0941. The third-order valence-electron chi connectivity index (χ3n) is 2.51. The summed E-state index contributed by atoms with van der Waals surface area (Å²) in [4.78, 5) is 30.4. The summed E-state index contributed by atoms with van der Waals surface area (Å²) in [5.74, 6) is 0.0371. The molecule has 1 aromatic carbocycles. The molecule has 0 aliphatic carbocycles. The van der Waals surface area contributed by atoms with Crippen LogP contribution in [0.25, 0.3) is 11.4 Å². The highest BCUT2D eigenvalue weighted by Gasteiger charge is 2.12. The molecule has 98 valence electrons. The summed E-state index contributed by atoms with van der Waals surface area (Å²) in [5.41, 5.74) is 0.385. The molecule has 2 aromatic rings. The zero-order valence-corrected chi connectivity index (χ0v) is 10.8. The van der Waals surface area contributed by atoms with E-state index in [-0.39, 0.29) is 11.6 Å². The van der Waals surface area contributed by atoms with Gasteiger partial charge in [0.1, 0.15) is 11.4 Å². The fraction of sp³-hybridized carbons (Fsp3) is 0.214. The number of aromatic amines is 1. The van der Waals surface area contributed by atoms with Crippen molar-refractivity contribution in [3.63, 3.8) is 0 Å². The molecule has 1 heterocycles. The van der Waals surface area contributed by atoms with E-state index in [0.717, 1.165) is 5.56 Å². The predicted molar refractivity (Wildman–Crippen MR) is 72.9 cm³/mol. The number of nitrogens with zero attached hydrogens (tertiary/aromatic N) is 1. The molecule has 0 fully saturated rings. The minimum atomic E-state index is -0.438. The van der Waals surface area contributed by atoms with E-state index in [9.17, 15) is 9.59 Å². The number of hydrogen-bond acceptors (Lipinski definition) is 3. The van der Waals surface area contributed by atoms with Gasteiger partial charge in [0.15, 0.2) is 0 Å². The zero-order chi connectivity index (χ0) is 13.8. The topological polar surface area (TPSA) is 74.8 Å². The number of nitrogens with one attached hydrogen (secondary N) is 2. The summed E-state index contributed by atoms with van der Waals surface area (Å²) in [5, 5.41) is 2.66. The number of hydrogen-bond donors (Lipinski definition) is 2. The van der Waals surface area contributed by atoms with Crippen LogP contribution in [0.4, 0.5) is 0 Å². The van der Waals surface area contributed by atoms with Gasteiger partial charge in [-0.3, -0.25) is 9.59 Å². The number of amides is 1. The van der Waals surface area contributed by atoms with Gasteiger partial charge >= 0.3 is 0 Å². The number of carbonyl (C=O) groups is 1. The molecule has 5 heteroatoms. The van der Waals surface area contributed by atoms with Gasteiger partial charge in [-0.05, 0) is 13.8 Å². The van der Waals surface area contributed by atoms with Crippen LogP contribution >= 0.6 is 0 Å². The van der Waals surface area contributed by atoms with Crippen LogP contribution in [-0.4, -0.2) is 21.9 Å². The quantitative estimate of drug-likeness (QED) is 0.876. The summed E-state index contributed by atoms with van der Waals surface area (Å²) < 4.78 is 0. The second-order valence-electron chi connectivity index (χ2n) is 4.47. The minimum Gasteiger partial charge on any atom is -0.350 e. The van der Waals surface area contributed by atoms with Crippen molar-refractivity contribution in [2.24, 2.45) is 0 Å². The van der Waals surface area contributed by atoms with E-state index in [1.165, 1.54) is 6.20 Å². The first-order chi connectivity index (χ1) is 9.08. The zero-order valence-electron chi connectivity index (χ0n) is 10.8. The van der Waals surface area contributed by atoms with Gasteiger partial charge in [0.2, 0.25) is 0 Å². The third-order valence-corrected chi connectivity index (χ3v) is 2.51. The lowest BCUT2D eigenvalue weighted by Crippen LogP contribution is -2.34. The maximum Gasteiger partial charge on any atom is 0.264 e. The standard InChI is InChI=1S/C14H15N3O2/c1-9(2)16-13(18)11-8-15-12(17-14(11)19)10-6-4-3-5-7-10/h3-9H,1-2H3,(H,16,18)(H,15,17,19). The Balaban J connectivity index is 2.33. The van der Waals surface area contributed by atoms with E-state index in [0.29, 0.717) is 5.82 Å². The average molecular weight is 257 g/mol. The maximum absolute atomic E-state index is 11.9. The van der Waals surface area contributed by atoms with E-state index in [4.69, 9.17) is 0 Å². The van der Waals surface area contributed by atoms with Crippen LogP contribution in [-0.2, 0) is 0 Å². The van der Waals surface area contributed by atoms with Crippen LogP contribution in [0.1, 0.15) is 24.2 Å². The fourth-order valence-corrected chi connectivity index (χ4v) is 1.64. The number of aromatic nitrogens is 2. The Bertz CT molecular complexity index is 633. The summed E-state index contributed by atoms with van der Waals surface area (Å²) in [7, 11) is 0. The molecular formula is C14H15N3O2. The van der Waals surface area contributed by atoms with Crippen LogP contribution < -0.4 is 10.9 Å². The molecule has 1 amide bonds. The van der Waals surface area contributed by atoms with Crippen LogP contribution in [0.5, 0.6) is 0 Å². The van der Waals surface area contributed by atoms with Crippen LogP contribution in [0.3, 0.4) is 0 Å². The highest BCUT2D eigenvalue weighted by atomic mass is 16.2. The minimum absolute atomic E-state index is 0.0216. The van der Waals surface area contributed by atoms with Gasteiger partial charge < -0.3 is 10.3 Å². The predicted octanol–water partition coefficient (Wildman–Crippen LogP) is 1.58. The van der Waals surface area contributed by atoms with Crippen molar-refractivity contribution < 1.29 is 4.79 Å². The third kappa shape index (κ3) is 3.07. The van der Waals surface area contributed by atoms with Gasteiger partial charge in [-0.1, -0.05) is 30.3 Å². The molecule has 0 aliphatic heterocycles. The lowest BCUT2D eigenvalue weighted by atomic mass is 10.2. The molecule has 0 bridgehead atoms. The largest absolute Gasteiger partial charge is 0.350 e. The molecule has 0 aliphatic rings. The monoisotopic (exact) mass is 257 g/mol. The fourth-order valence-electron chi connectivity index (χ4n) is 1.64. The molecule has 0 radical (unpaired) electrons. The number of rotatable bonds is 3. The first-order valence-corrected chi connectivity index (χ1v) is 6.03. The molecule has 1 aromatic heterocycles. The maximum atomic E-state index is 11.9. The average Bonchev–Trinajstić information content (AvgIpc) is 2.38. The Labute approximate surface area is 110 Å². The normalized spacial score (nSPS) is 10.5. The van der Waals surface area contributed by atoms with Gasteiger partial charge in [0, 0.05) is 17.8 Å². The number of benzene rings is 1. The van der Waals surface area contributed by atoms with E-state index < -0.39 is 11.5 Å². The number of carbonyl (C=O) groups excluding carboxylic acids is 1. The highest BCUT2D eigenvalue weighted by molar-refractivity contribution is 5.93. The van der Waals surface area contributed by atoms with Gasteiger partial charge in [0.25, 0.3) is 11.5 Å². The summed E-state index contributed by atoms with van der Waals surface area (Å²) in [6.45, 7) is 3.66. The van der Waals surface area contributed by atoms with Gasteiger partial charge in [0.05, 0.1) is 0 Å². The van der Waals surface area contributed by atoms with Gasteiger partial charge in [-0.25, -0.2) is 4.98 Å². The molecule has 0 spiro atoms. The lowest BCUT2D eigenvalue weighted by Gasteiger charge is -2.07. The summed E-state index contributed by atoms with van der Waals surface area (Å²) in [6, 6.07) is 9.24. The molecule has 2 N–H and O–H groups in total. The van der Waals surface area contributed by atoms with Gasteiger partial charge in [-0.15, -0.1) is 0 Å². The Morgan fingerprint density at radius 2 is 1.95 bits per heavy atom. The first kappa shape index (κ1) is 13.0. The summed E-state index contributed by atoms with van der Waals surface area (Å²) >= 11 is 0. The van der Waals surface area contributed by atoms with Crippen LogP contribution in [0.2, 0.25) is 0 Å². The Kier molecular flexibility index (Phi) is 3.75. The Morgan fingerprint density at radius 3 is 2.53 bits per heavy atom. The highest BCUT2D eigenvalue weighted by Crippen LogP contribution is 2.11. The molecule has 5 nitrogen and oxygen atoms in total. The second-order valence-corrected chi connectivity index (χ2v) is 4.47. The van der Waals surface area contributed by atoms with Crippen molar-refractivity contribution in [3.05, 3.63) is 52.4 Å². The van der Waals surface area contributed by atoms with E-state index in [1.54, 1.807) is 0 Å². The first-order valence-electron chi connectivity index (χ1n) is 6.03. The van der Waals surface area contributed by atoms with Crippen molar-refractivity contribution in [2.45, 2.75) is 19.9 Å². The Morgan fingerprint density at radius 1 is 1.26 bits per heavy atom. The van der Waals surface area contributed by atoms with Crippen LogP contribution in [0.15, 0.2) is 41.3 Å². The molecular weight excluding hydrogens is 242 g/mol. The van der Waals surface area contributed by atoms with E-state index >= 15 is 0 Å². The molecule has 0 saturated heterocycles. The van der Waals surface area contributed by atoms with Crippen LogP contribution in [0, 0.1) is 0 Å². The Hall–Kier alpha value is -2.43. The van der Waals surface area contributed by atoms with Crippen molar-refractivity contribution in [1.82, 2.24) is 15.3 Å². The molecule has 0 unspecified atom stereocenters. The SMILES string of the molecule is CC(C)NC(=O)c1cnc(-c2ccccc2)[nH]c1=O. The van der Waals surface area contributed by atoms with Crippen molar-refractivity contribution in [1.29, 1.82) is 0 Å². The number of H-pyrrole nitrogens is 1. The van der Waals surface area contributed by atoms with Crippen molar-refractivity contribution >= 4 is 5.91 Å². The molecule has 0 atom stereocenters. The molecule has 2 rings (SSSR count). The molecule has 19 heavy (non-hydrogen) atoms. The van der Waals surface area contributed by atoms with Crippen molar-refractivity contribution in [2.75, 3.05) is 0 Å².